The topological polar surface area (TPSA) is 114 Å². The molecule has 3 rings (SSSR count). The molecule has 2 aromatic carbocycles. The van der Waals surface area contributed by atoms with Gasteiger partial charge in [0.15, 0.2) is 6.61 Å². The number of nitrogens with zero attached hydrogens (tertiary/aromatic N) is 1. The summed E-state index contributed by atoms with van der Waals surface area (Å²) >= 11 is 3.12. The molecule has 1 heterocycles. The van der Waals surface area contributed by atoms with Gasteiger partial charge < -0.3 is 10.1 Å². The number of amides is 1. The molecule has 0 spiro atoms. The average molecular weight is 498 g/mol. The summed E-state index contributed by atoms with van der Waals surface area (Å²) in [6.45, 7) is -0.0900. The number of carbonyl (C=O) groups excluding carboxylic acids is 2. The van der Waals surface area contributed by atoms with E-state index in [1.54, 1.807) is 0 Å². The standard InChI is InChI=1S/C19H17BrFN3O5S/c20-12-6-7-16(21)15(9-12)19(26)29-11-18(25)23-13-3-1-4-14(10-13)30(27,28)24-17-5-2-8-22-17/h1,3-4,6-7,9-10H,2,5,8,11H2,(H,22,24)(H,23,25). The number of hydrogen-bond donors (Lipinski definition) is 2. The van der Waals surface area contributed by atoms with Crippen molar-refractivity contribution >= 4 is 49.4 Å². The molecular weight excluding hydrogens is 481 g/mol. The van der Waals surface area contributed by atoms with Gasteiger partial charge in [-0.15, -0.1) is 0 Å². The van der Waals surface area contributed by atoms with Gasteiger partial charge in [0.25, 0.3) is 15.9 Å². The van der Waals surface area contributed by atoms with E-state index in [0.29, 0.717) is 23.3 Å². The second kappa shape index (κ2) is 9.35. The van der Waals surface area contributed by atoms with E-state index in [1.807, 2.05) is 0 Å². The molecule has 0 aromatic heterocycles. The van der Waals surface area contributed by atoms with Gasteiger partial charge in [0.2, 0.25) is 0 Å². The maximum absolute atomic E-state index is 13.7. The van der Waals surface area contributed by atoms with E-state index in [0.717, 1.165) is 12.5 Å². The summed E-state index contributed by atoms with van der Waals surface area (Å²) in [4.78, 5) is 28.0. The summed E-state index contributed by atoms with van der Waals surface area (Å²) in [6, 6.07) is 9.36. The lowest BCUT2D eigenvalue weighted by molar-refractivity contribution is -0.119. The number of hydrogen-bond acceptors (Lipinski definition) is 6. The van der Waals surface area contributed by atoms with Crippen molar-refractivity contribution in [3.63, 3.8) is 0 Å². The molecule has 11 heteroatoms. The third-order valence-corrected chi connectivity index (χ3v) is 5.91. The maximum Gasteiger partial charge on any atom is 0.341 e. The zero-order valence-electron chi connectivity index (χ0n) is 15.5. The van der Waals surface area contributed by atoms with Gasteiger partial charge >= 0.3 is 5.97 Å². The molecule has 0 saturated carbocycles. The van der Waals surface area contributed by atoms with Crippen LogP contribution in [0.15, 0.2) is 56.8 Å². The van der Waals surface area contributed by atoms with Gasteiger partial charge in [-0.05, 0) is 42.8 Å². The van der Waals surface area contributed by atoms with E-state index in [1.165, 1.54) is 36.4 Å². The Kier molecular flexibility index (Phi) is 6.83. The number of aliphatic imine (C=N–C) groups is 1. The van der Waals surface area contributed by atoms with Crippen LogP contribution in [0.3, 0.4) is 0 Å². The zero-order valence-corrected chi connectivity index (χ0v) is 17.9. The van der Waals surface area contributed by atoms with Crippen molar-refractivity contribution < 1.29 is 27.1 Å². The van der Waals surface area contributed by atoms with E-state index in [4.69, 9.17) is 4.74 Å². The summed E-state index contributed by atoms with van der Waals surface area (Å²) in [6.07, 6.45) is 1.34. The van der Waals surface area contributed by atoms with Crippen molar-refractivity contribution in [2.45, 2.75) is 17.7 Å². The van der Waals surface area contributed by atoms with E-state index in [9.17, 15) is 22.4 Å². The van der Waals surface area contributed by atoms with Crippen LogP contribution in [0.25, 0.3) is 0 Å². The van der Waals surface area contributed by atoms with E-state index in [-0.39, 0.29) is 16.1 Å². The van der Waals surface area contributed by atoms with Crippen LogP contribution in [0.5, 0.6) is 0 Å². The monoisotopic (exact) mass is 497 g/mol. The van der Waals surface area contributed by atoms with E-state index >= 15 is 0 Å². The van der Waals surface area contributed by atoms with Crippen molar-refractivity contribution in [1.29, 1.82) is 0 Å². The van der Waals surface area contributed by atoms with Gasteiger partial charge in [0.1, 0.15) is 11.7 Å². The van der Waals surface area contributed by atoms with Gasteiger partial charge in [-0.25, -0.2) is 17.6 Å². The van der Waals surface area contributed by atoms with Gasteiger partial charge in [0, 0.05) is 23.1 Å². The van der Waals surface area contributed by atoms with Crippen molar-refractivity contribution in [2.24, 2.45) is 4.99 Å². The molecule has 1 aliphatic heterocycles. The lowest BCUT2D eigenvalue weighted by Gasteiger charge is -2.10. The van der Waals surface area contributed by atoms with Crippen LogP contribution in [-0.2, 0) is 19.6 Å². The highest BCUT2D eigenvalue weighted by molar-refractivity contribution is 9.10. The zero-order chi connectivity index (χ0) is 21.7. The Balaban J connectivity index is 1.61. The fourth-order valence-corrected chi connectivity index (χ4v) is 4.13. The Hall–Kier alpha value is -2.79. The third-order valence-electron chi connectivity index (χ3n) is 4.04. The molecule has 1 amide bonds. The summed E-state index contributed by atoms with van der Waals surface area (Å²) in [5.74, 6) is -2.08. The SMILES string of the molecule is O=C(COC(=O)c1cc(Br)ccc1F)Nc1cccc(S(=O)(=O)NC2=NCCC2)c1. The quantitative estimate of drug-likeness (QED) is 0.595. The van der Waals surface area contributed by atoms with Crippen LogP contribution < -0.4 is 10.0 Å². The van der Waals surface area contributed by atoms with Crippen LogP contribution in [0.2, 0.25) is 0 Å². The predicted molar refractivity (Wildman–Crippen MR) is 111 cm³/mol. The number of amidine groups is 1. The molecule has 0 atom stereocenters. The van der Waals surface area contributed by atoms with Crippen molar-refractivity contribution in [3.8, 4) is 0 Å². The second-order valence-corrected chi connectivity index (χ2v) is 8.91. The molecule has 158 valence electrons. The minimum Gasteiger partial charge on any atom is -0.452 e. The van der Waals surface area contributed by atoms with Crippen LogP contribution in [0, 0.1) is 5.82 Å². The van der Waals surface area contributed by atoms with Crippen LogP contribution in [0.4, 0.5) is 10.1 Å². The minimum atomic E-state index is -3.84. The lowest BCUT2D eigenvalue weighted by atomic mass is 10.2. The first-order valence-corrected chi connectivity index (χ1v) is 11.1. The molecule has 0 unspecified atom stereocenters. The fraction of sp³-hybridized carbons (Fsp3) is 0.211. The van der Waals surface area contributed by atoms with Gasteiger partial charge in [0.05, 0.1) is 10.5 Å². The number of benzene rings is 2. The first-order chi connectivity index (χ1) is 14.2. The highest BCUT2D eigenvalue weighted by atomic mass is 79.9. The lowest BCUT2D eigenvalue weighted by Crippen LogP contribution is -2.29. The van der Waals surface area contributed by atoms with E-state index < -0.39 is 34.3 Å². The number of halogens is 2. The molecule has 0 radical (unpaired) electrons. The fourth-order valence-electron chi connectivity index (χ4n) is 2.64. The summed E-state index contributed by atoms with van der Waals surface area (Å²) in [5, 5.41) is 2.44. The normalized spacial score (nSPS) is 13.5. The Morgan fingerprint density at radius 2 is 2.00 bits per heavy atom. The first-order valence-electron chi connectivity index (χ1n) is 8.83. The van der Waals surface area contributed by atoms with Crippen molar-refractivity contribution in [2.75, 3.05) is 18.5 Å². The summed E-state index contributed by atoms with van der Waals surface area (Å²) < 4.78 is 46.3. The molecule has 30 heavy (non-hydrogen) atoms. The Labute approximate surface area is 180 Å². The first kappa shape index (κ1) is 21.9. The Bertz CT molecular complexity index is 1120. The molecule has 2 N–H and O–H groups in total. The second-order valence-electron chi connectivity index (χ2n) is 6.31. The number of esters is 1. The number of rotatable bonds is 6. The van der Waals surface area contributed by atoms with Crippen molar-refractivity contribution in [1.82, 2.24) is 4.72 Å². The minimum absolute atomic E-state index is 0.0527. The van der Waals surface area contributed by atoms with Gasteiger partial charge in [-0.2, -0.15) is 0 Å². The van der Waals surface area contributed by atoms with E-state index in [2.05, 4.69) is 31.0 Å². The van der Waals surface area contributed by atoms with Crippen LogP contribution >= 0.6 is 15.9 Å². The molecule has 2 aromatic rings. The van der Waals surface area contributed by atoms with Crippen LogP contribution in [0.1, 0.15) is 23.2 Å². The van der Waals surface area contributed by atoms with Crippen LogP contribution in [-0.4, -0.2) is 39.3 Å². The van der Waals surface area contributed by atoms with Gasteiger partial charge in [-0.1, -0.05) is 22.0 Å². The van der Waals surface area contributed by atoms with Gasteiger partial charge in [-0.3, -0.25) is 14.5 Å². The number of anilines is 1. The van der Waals surface area contributed by atoms with Crippen molar-refractivity contribution in [3.05, 3.63) is 58.3 Å². The number of nitrogens with one attached hydrogen (secondary N) is 2. The molecule has 0 saturated heterocycles. The molecule has 1 aliphatic rings. The molecule has 0 aliphatic carbocycles. The summed E-state index contributed by atoms with van der Waals surface area (Å²) in [5.41, 5.74) is -0.118. The Morgan fingerprint density at radius 1 is 1.20 bits per heavy atom. The summed E-state index contributed by atoms with van der Waals surface area (Å²) in [7, 11) is -3.84. The predicted octanol–water partition coefficient (Wildman–Crippen LogP) is 2.85. The molecule has 8 nitrogen and oxygen atoms in total. The largest absolute Gasteiger partial charge is 0.452 e. The molecule has 0 bridgehead atoms. The Morgan fingerprint density at radius 3 is 2.73 bits per heavy atom. The number of sulfonamides is 1. The number of carbonyl (C=O) groups is 2. The highest BCUT2D eigenvalue weighted by Crippen LogP contribution is 2.18. The number of ether oxygens (including phenoxy) is 1. The average Bonchev–Trinajstić information content (AvgIpc) is 3.20. The smallest absolute Gasteiger partial charge is 0.341 e. The third kappa shape index (κ3) is 5.63. The molecule has 0 fully saturated rings. The highest BCUT2D eigenvalue weighted by Gasteiger charge is 2.19. The maximum atomic E-state index is 13.7. The molecular formula is C19H17BrFN3O5S.